The Hall–Kier alpha value is -0.960. The van der Waals surface area contributed by atoms with Gasteiger partial charge in [-0.2, -0.15) is 15.0 Å². The van der Waals surface area contributed by atoms with Gasteiger partial charge in [0.15, 0.2) is 5.82 Å². The second kappa shape index (κ2) is 3.65. The Morgan fingerprint density at radius 2 is 1.79 bits per heavy atom. The fourth-order valence-electron chi connectivity index (χ4n) is 0.966. The maximum atomic E-state index is 5.46. The molecule has 0 saturated carbocycles. The van der Waals surface area contributed by atoms with Gasteiger partial charge in [-0.05, 0) is 28.7 Å². The van der Waals surface area contributed by atoms with E-state index in [9.17, 15) is 0 Å². The Kier molecular flexibility index (Phi) is 2.50. The molecule has 5 nitrogen and oxygen atoms in total. The van der Waals surface area contributed by atoms with Crippen molar-refractivity contribution in [2.24, 2.45) is 0 Å². The van der Waals surface area contributed by atoms with Crippen molar-refractivity contribution in [2.45, 2.75) is 0 Å². The van der Waals surface area contributed by atoms with E-state index in [0.29, 0.717) is 5.82 Å². The summed E-state index contributed by atoms with van der Waals surface area (Å²) in [6.07, 6.45) is 0. The summed E-state index contributed by atoms with van der Waals surface area (Å²) < 4.78 is 1.16. The zero-order chi connectivity index (χ0) is 10.1. The Morgan fingerprint density at radius 1 is 1.14 bits per heavy atom. The highest BCUT2D eigenvalue weighted by Crippen LogP contribution is 2.24. The molecule has 0 unspecified atom stereocenters. The SMILES string of the molecule is Nc1nc(N)nc(-c2csc(I)c2)n1. The number of hydrogen-bond acceptors (Lipinski definition) is 6. The first-order valence-corrected chi connectivity index (χ1v) is 5.62. The third-order valence-electron chi connectivity index (χ3n) is 1.50. The summed E-state index contributed by atoms with van der Waals surface area (Å²) in [5, 5.41) is 1.95. The van der Waals surface area contributed by atoms with Crippen LogP contribution in [-0.4, -0.2) is 15.0 Å². The van der Waals surface area contributed by atoms with Gasteiger partial charge < -0.3 is 11.5 Å². The largest absolute Gasteiger partial charge is 0.368 e. The van der Waals surface area contributed by atoms with Gasteiger partial charge in [0.1, 0.15) is 0 Å². The molecule has 0 amide bonds. The standard InChI is InChI=1S/C7H6IN5S/c8-4-1-3(2-14-4)5-11-6(9)13-7(10)12-5/h1-2H,(H4,9,10,11,12,13). The van der Waals surface area contributed by atoms with Crippen molar-refractivity contribution >= 4 is 45.8 Å². The lowest BCUT2D eigenvalue weighted by Gasteiger charge is -1.98. The van der Waals surface area contributed by atoms with Gasteiger partial charge in [0.05, 0.1) is 2.88 Å². The van der Waals surface area contributed by atoms with Gasteiger partial charge in [0, 0.05) is 10.9 Å². The summed E-state index contributed by atoms with van der Waals surface area (Å²) in [6, 6.07) is 1.97. The molecule has 0 aliphatic carbocycles. The average Bonchev–Trinajstić information content (AvgIpc) is 2.50. The first kappa shape index (κ1) is 9.59. The molecule has 2 aromatic rings. The highest BCUT2D eigenvalue weighted by atomic mass is 127. The Labute approximate surface area is 97.7 Å². The van der Waals surface area contributed by atoms with Crippen LogP contribution in [0, 0.1) is 2.88 Å². The van der Waals surface area contributed by atoms with E-state index in [1.807, 2.05) is 11.4 Å². The molecule has 2 aromatic heterocycles. The third kappa shape index (κ3) is 1.93. The number of thiophene rings is 1. The van der Waals surface area contributed by atoms with Crippen LogP contribution in [0.3, 0.4) is 0 Å². The monoisotopic (exact) mass is 319 g/mol. The van der Waals surface area contributed by atoms with Crippen LogP contribution in [0.25, 0.3) is 11.4 Å². The van der Waals surface area contributed by atoms with Crippen molar-refractivity contribution in [3.8, 4) is 11.4 Å². The molecule has 0 radical (unpaired) electrons. The minimum atomic E-state index is 0.147. The molecule has 4 N–H and O–H groups in total. The zero-order valence-corrected chi connectivity index (χ0v) is 9.91. The molecule has 2 rings (SSSR count). The number of nitrogens with zero attached hydrogens (tertiary/aromatic N) is 3. The summed E-state index contributed by atoms with van der Waals surface area (Å²) in [4.78, 5) is 11.7. The lowest BCUT2D eigenvalue weighted by atomic mass is 10.3. The van der Waals surface area contributed by atoms with Crippen LogP contribution in [0.2, 0.25) is 0 Å². The quantitative estimate of drug-likeness (QED) is 0.775. The van der Waals surface area contributed by atoms with Crippen LogP contribution in [0.1, 0.15) is 0 Å². The predicted molar refractivity (Wildman–Crippen MR) is 64.7 cm³/mol. The van der Waals surface area contributed by atoms with Crippen LogP contribution in [0.15, 0.2) is 11.4 Å². The fraction of sp³-hybridized carbons (Fsp3) is 0. The average molecular weight is 319 g/mol. The molecule has 72 valence electrons. The van der Waals surface area contributed by atoms with E-state index < -0.39 is 0 Å². The van der Waals surface area contributed by atoms with Gasteiger partial charge in [-0.3, -0.25) is 0 Å². The Morgan fingerprint density at radius 3 is 2.29 bits per heavy atom. The molecule has 0 atom stereocenters. The zero-order valence-electron chi connectivity index (χ0n) is 6.94. The highest BCUT2D eigenvalue weighted by Gasteiger charge is 2.06. The van der Waals surface area contributed by atoms with Crippen LogP contribution in [-0.2, 0) is 0 Å². The van der Waals surface area contributed by atoms with Gasteiger partial charge >= 0.3 is 0 Å². The van der Waals surface area contributed by atoms with Crippen molar-refractivity contribution in [3.63, 3.8) is 0 Å². The molecular weight excluding hydrogens is 313 g/mol. The molecule has 0 aliphatic heterocycles. The summed E-state index contributed by atoms with van der Waals surface area (Å²) in [6.45, 7) is 0. The van der Waals surface area contributed by atoms with Crippen LogP contribution in [0.4, 0.5) is 11.9 Å². The normalized spacial score (nSPS) is 10.4. The molecule has 0 bridgehead atoms. The molecule has 0 fully saturated rings. The third-order valence-corrected chi connectivity index (χ3v) is 3.28. The summed E-state index contributed by atoms with van der Waals surface area (Å²) in [5.41, 5.74) is 11.8. The molecule has 7 heteroatoms. The second-order valence-corrected chi connectivity index (χ2v) is 5.32. The highest BCUT2D eigenvalue weighted by molar-refractivity contribution is 14.1. The van der Waals surface area contributed by atoms with E-state index in [0.717, 1.165) is 8.45 Å². The van der Waals surface area contributed by atoms with Crippen molar-refractivity contribution in [2.75, 3.05) is 11.5 Å². The molecule has 0 saturated heterocycles. The molecule has 14 heavy (non-hydrogen) atoms. The van der Waals surface area contributed by atoms with Crippen molar-refractivity contribution in [3.05, 3.63) is 14.3 Å². The Balaban J connectivity index is 2.51. The number of hydrogen-bond donors (Lipinski definition) is 2. The van der Waals surface area contributed by atoms with Crippen LogP contribution >= 0.6 is 33.9 Å². The topological polar surface area (TPSA) is 90.7 Å². The molecule has 0 spiro atoms. The van der Waals surface area contributed by atoms with E-state index >= 15 is 0 Å². The molecule has 2 heterocycles. The maximum Gasteiger partial charge on any atom is 0.225 e. The lowest BCUT2D eigenvalue weighted by Crippen LogP contribution is -2.03. The van der Waals surface area contributed by atoms with Gasteiger partial charge in [-0.1, -0.05) is 0 Å². The minimum absolute atomic E-state index is 0.147. The van der Waals surface area contributed by atoms with Gasteiger partial charge in [0.25, 0.3) is 0 Å². The molecule has 0 aromatic carbocycles. The van der Waals surface area contributed by atoms with E-state index in [2.05, 4.69) is 37.5 Å². The lowest BCUT2D eigenvalue weighted by molar-refractivity contribution is 1.09. The van der Waals surface area contributed by atoms with E-state index in [1.165, 1.54) is 0 Å². The minimum Gasteiger partial charge on any atom is -0.368 e. The number of nitrogens with two attached hydrogens (primary N) is 2. The Bertz CT molecular complexity index is 449. The number of anilines is 2. The fourth-order valence-corrected chi connectivity index (χ4v) is 2.29. The predicted octanol–water partition coefficient (Wildman–Crippen LogP) is 1.37. The second-order valence-electron chi connectivity index (χ2n) is 2.51. The van der Waals surface area contributed by atoms with Gasteiger partial charge in [0.2, 0.25) is 11.9 Å². The summed E-state index contributed by atoms with van der Waals surface area (Å²) in [5.74, 6) is 0.816. The van der Waals surface area contributed by atoms with E-state index in [4.69, 9.17) is 11.5 Å². The van der Waals surface area contributed by atoms with Crippen LogP contribution < -0.4 is 11.5 Å². The number of halogens is 1. The molecular formula is C7H6IN5S. The van der Waals surface area contributed by atoms with Gasteiger partial charge in [-0.25, -0.2) is 0 Å². The maximum absolute atomic E-state index is 5.46. The first-order chi connectivity index (χ1) is 6.65. The molecule has 0 aliphatic rings. The first-order valence-electron chi connectivity index (χ1n) is 3.66. The van der Waals surface area contributed by atoms with Crippen molar-refractivity contribution in [1.82, 2.24) is 15.0 Å². The van der Waals surface area contributed by atoms with E-state index in [-0.39, 0.29) is 11.9 Å². The number of aromatic nitrogens is 3. The summed E-state index contributed by atoms with van der Waals surface area (Å²) >= 11 is 3.85. The van der Waals surface area contributed by atoms with Gasteiger partial charge in [-0.15, -0.1) is 11.3 Å². The number of rotatable bonds is 1. The van der Waals surface area contributed by atoms with Crippen molar-refractivity contribution < 1.29 is 0 Å². The van der Waals surface area contributed by atoms with Crippen LogP contribution in [0.5, 0.6) is 0 Å². The smallest absolute Gasteiger partial charge is 0.225 e. The summed E-state index contributed by atoms with van der Waals surface area (Å²) in [7, 11) is 0. The van der Waals surface area contributed by atoms with Crippen molar-refractivity contribution in [1.29, 1.82) is 0 Å². The van der Waals surface area contributed by atoms with E-state index in [1.54, 1.807) is 11.3 Å². The number of nitrogen functional groups attached to an aromatic ring is 2.